The molecule has 0 aliphatic carbocycles. The fourth-order valence-electron chi connectivity index (χ4n) is 1.24. The quantitative estimate of drug-likeness (QED) is 0.669. The van der Waals surface area contributed by atoms with Gasteiger partial charge in [0.2, 0.25) is 0 Å². The SMILES string of the molecule is O=c1ccnc(CN2CCC2)[nH]1. The minimum absolute atomic E-state index is 0.0690. The van der Waals surface area contributed by atoms with E-state index in [4.69, 9.17) is 0 Å². The van der Waals surface area contributed by atoms with Crippen LogP contribution in [0, 0.1) is 0 Å². The van der Waals surface area contributed by atoms with Crippen LogP contribution in [0.4, 0.5) is 0 Å². The summed E-state index contributed by atoms with van der Waals surface area (Å²) in [5, 5.41) is 0. The topological polar surface area (TPSA) is 49.0 Å². The van der Waals surface area contributed by atoms with Crippen molar-refractivity contribution >= 4 is 0 Å². The van der Waals surface area contributed by atoms with Crippen molar-refractivity contribution in [2.45, 2.75) is 13.0 Å². The van der Waals surface area contributed by atoms with E-state index in [0.29, 0.717) is 0 Å². The predicted molar refractivity (Wildman–Crippen MR) is 44.8 cm³/mol. The summed E-state index contributed by atoms with van der Waals surface area (Å²) in [4.78, 5) is 19.9. The lowest BCUT2D eigenvalue weighted by Gasteiger charge is -2.29. The Balaban J connectivity index is 2.06. The third-order valence-corrected chi connectivity index (χ3v) is 2.05. The molecular weight excluding hydrogens is 154 g/mol. The summed E-state index contributed by atoms with van der Waals surface area (Å²) in [5.41, 5.74) is -0.0690. The van der Waals surface area contributed by atoms with Crippen LogP contribution in [0.3, 0.4) is 0 Å². The van der Waals surface area contributed by atoms with Gasteiger partial charge >= 0.3 is 0 Å². The van der Waals surface area contributed by atoms with Crippen LogP contribution in [0.15, 0.2) is 17.1 Å². The Hall–Kier alpha value is -1.16. The van der Waals surface area contributed by atoms with E-state index in [2.05, 4.69) is 14.9 Å². The molecule has 1 aliphatic rings. The van der Waals surface area contributed by atoms with Crippen molar-refractivity contribution in [2.24, 2.45) is 0 Å². The Labute approximate surface area is 70.2 Å². The van der Waals surface area contributed by atoms with Crippen LogP contribution < -0.4 is 5.56 Å². The van der Waals surface area contributed by atoms with Gasteiger partial charge in [0.15, 0.2) is 0 Å². The molecule has 0 amide bonds. The zero-order valence-corrected chi connectivity index (χ0v) is 6.79. The van der Waals surface area contributed by atoms with E-state index in [1.807, 2.05) is 0 Å². The van der Waals surface area contributed by atoms with Gasteiger partial charge in [-0.3, -0.25) is 9.69 Å². The first-order valence-corrected chi connectivity index (χ1v) is 4.11. The van der Waals surface area contributed by atoms with Gasteiger partial charge in [-0.2, -0.15) is 0 Å². The highest BCUT2D eigenvalue weighted by molar-refractivity contribution is 4.90. The number of nitrogens with one attached hydrogen (secondary N) is 1. The molecule has 0 saturated carbocycles. The summed E-state index contributed by atoms with van der Waals surface area (Å²) in [6.07, 6.45) is 2.81. The van der Waals surface area contributed by atoms with Gasteiger partial charge in [-0.05, 0) is 19.5 Å². The number of aromatic amines is 1. The number of hydrogen-bond donors (Lipinski definition) is 1. The smallest absolute Gasteiger partial charge is 0.250 e. The first-order valence-electron chi connectivity index (χ1n) is 4.11. The number of likely N-dealkylation sites (tertiary alicyclic amines) is 1. The molecule has 1 aromatic rings. The minimum atomic E-state index is -0.0690. The van der Waals surface area contributed by atoms with Gasteiger partial charge in [0.1, 0.15) is 5.82 Å². The van der Waals surface area contributed by atoms with E-state index >= 15 is 0 Å². The highest BCUT2D eigenvalue weighted by Gasteiger charge is 2.14. The average molecular weight is 165 g/mol. The lowest BCUT2D eigenvalue weighted by Crippen LogP contribution is -2.37. The third kappa shape index (κ3) is 1.53. The first-order chi connectivity index (χ1) is 5.84. The van der Waals surface area contributed by atoms with Gasteiger partial charge in [-0.15, -0.1) is 0 Å². The average Bonchev–Trinajstić information content (AvgIpc) is 1.97. The molecular formula is C8H11N3O. The maximum atomic E-state index is 10.9. The fourth-order valence-corrected chi connectivity index (χ4v) is 1.24. The molecule has 2 rings (SSSR count). The van der Waals surface area contributed by atoms with Gasteiger partial charge < -0.3 is 4.98 Å². The number of H-pyrrole nitrogens is 1. The Bertz CT molecular complexity index is 316. The molecule has 1 aromatic heterocycles. The summed E-state index contributed by atoms with van der Waals surface area (Å²) in [5.74, 6) is 0.766. The molecule has 64 valence electrons. The molecule has 4 nitrogen and oxygen atoms in total. The van der Waals surface area contributed by atoms with Crippen LogP contribution >= 0.6 is 0 Å². The normalized spacial score (nSPS) is 17.3. The summed E-state index contributed by atoms with van der Waals surface area (Å²) in [6.45, 7) is 3.02. The largest absolute Gasteiger partial charge is 0.309 e. The van der Waals surface area contributed by atoms with E-state index in [1.54, 1.807) is 6.20 Å². The monoisotopic (exact) mass is 165 g/mol. The number of nitrogens with zero attached hydrogens (tertiary/aromatic N) is 2. The van der Waals surface area contributed by atoms with Crippen molar-refractivity contribution in [1.29, 1.82) is 0 Å². The van der Waals surface area contributed by atoms with Crippen molar-refractivity contribution in [3.8, 4) is 0 Å². The summed E-state index contributed by atoms with van der Waals surface area (Å²) >= 11 is 0. The van der Waals surface area contributed by atoms with Crippen molar-refractivity contribution in [3.05, 3.63) is 28.4 Å². The molecule has 2 heterocycles. The van der Waals surface area contributed by atoms with Crippen LogP contribution in [0.5, 0.6) is 0 Å². The highest BCUT2D eigenvalue weighted by Crippen LogP contribution is 2.07. The van der Waals surface area contributed by atoms with E-state index < -0.39 is 0 Å². The number of hydrogen-bond acceptors (Lipinski definition) is 3. The number of rotatable bonds is 2. The molecule has 0 aromatic carbocycles. The van der Waals surface area contributed by atoms with Crippen LogP contribution in [0.1, 0.15) is 12.2 Å². The van der Waals surface area contributed by atoms with Crippen LogP contribution in [-0.4, -0.2) is 28.0 Å². The first kappa shape index (κ1) is 7.49. The molecule has 0 radical (unpaired) electrons. The molecule has 4 heteroatoms. The van der Waals surface area contributed by atoms with Gasteiger partial charge in [-0.1, -0.05) is 0 Å². The lowest BCUT2D eigenvalue weighted by molar-refractivity contribution is 0.168. The van der Waals surface area contributed by atoms with Crippen molar-refractivity contribution in [2.75, 3.05) is 13.1 Å². The molecule has 1 fully saturated rings. The fraction of sp³-hybridized carbons (Fsp3) is 0.500. The molecule has 0 atom stereocenters. The van der Waals surface area contributed by atoms with E-state index in [0.717, 1.165) is 25.5 Å². The van der Waals surface area contributed by atoms with E-state index in [-0.39, 0.29) is 5.56 Å². The van der Waals surface area contributed by atoms with Crippen LogP contribution in [-0.2, 0) is 6.54 Å². The molecule has 0 spiro atoms. The summed E-state index contributed by atoms with van der Waals surface area (Å²) in [6, 6.07) is 1.43. The second-order valence-electron chi connectivity index (χ2n) is 3.01. The number of aromatic nitrogens is 2. The predicted octanol–water partition coefficient (Wildman–Crippen LogP) is -0.0244. The van der Waals surface area contributed by atoms with Gasteiger partial charge in [0.25, 0.3) is 5.56 Å². The highest BCUT2D eigenvalue weighted by atomic mass is 16.1. The zero-order valence-electron chi connectivity index (χ0n) is 6.79. The van der Waals surface area contributed by atoms with Crippen molar-refractivity contribution in [3.63, 3.8) is 0 Å². The van der Waals surface area contributed by atoms with Gasteiger partial charge in [-0.25, -0.2) is 4.98 Å². The lowest BCUT2D eigenvalue weighted by atomic mass is 10.2. The molecule has 1 saturated heterocycles. The Morgan fingerprint density at radius 2 is 2.42 bits per heavy atom. The minimum Gasteiger partial charge on any atom is -0.309 e. The second-order valence-corrected chi connectivity index (χ2v) is 3.01. The van der Waals surface area contributed by atoms with E-state index in [1.165, 1.54) is 12.5 Å². The zero-order chi connectivity index (χ0) is 8.39. The summed E-state index contributed by atoms with van der Waals surface area (Å²) in [7, 11) is 0. The molecule has 1 aliphatic heterocycles. The van der Waals surface area contributed by atoms with E-state index in [9.17, 15) is 4.79 Å². The standard InChI is InChI=1S/C8H11N3O/c12-8-2-3-9-7(10-8)6-11-4-1-5-11/h2-3H,1,4-6H2,(H,9,10,12). The molecule has 0 bridgehead atoms. The Morgan fingerprint density at radius 1 is 1.58 bits per heavy atom. The maximum absolute atomic E-state index is 10.9. The van der Waals surface area contributed by atoms with Crippen molar-refractivity contribution in [1.82, 2.24) is 14.9 Å². The van der Waals surface area contributed by atoms with Gasteiger partial charge in [0, 0.05) is 12.3 Å². The Morgan fingerprint density at radius 3 is 3.00 bits per heavy atom. The Kier molecular flexibility index (Phi) is 1.91. The summed E-state index contributed by atoms with van der Waals surface area (Å²) < 4.78 is 0. The van der Waals surface area contributed by atoms with Gasteiger partial charge in [0.05, 0.1) is 6.54 Å². The third-order valence-electron chi connectivity index (χ3n) is 2.05. The molecule has 0 unspecified atom stereocenters. The maximum Gasteiger partial charge on any atom is 0.250 e. The van der Waals surface area contributed by atoms with Crippen LogP contribution in [0.25, 0.3) is 0 Å². The van der Waals surface area contributed by atoms with Crippen LogP contribution in [0.2, 0.25) is 0 Å². The molecule has 12 heavy (non-hydrogen) atoms. The van der Waals surface area contributed by atoms with Crippen molar-refractivity contribution < 1.29 is 0 Å². The molecule has 1 N–H and O–H groups in total. The second kappa shape index (κ2) is 3.06.